The number of nitrogens with zero attached hydrogens (tertiary/aromatic N) is 2. The second-order valence-corrected chi connectivity index (χ2v) is 6.42. The normalized spacial score (nSPS) is 17.6. The lowest BCUT2D eigenvalue weighted by Gasteiger charge is -2.34. The quantitative estimate of drug-likeness (QED) is 0.821. The molecule has 5 nitrogen and oxygen atoms in total. The smallest absolute Gasteiger partial charge is 0.244 e. The Morgan fingerprint density at radius 2 is 1.92 bits per heavy atom. The molecule has 0 unspecified atom stereocenters. The molecule has 132 valence electrons. The van der Waals surface area contributed by atoms with Crippen molar-refractivity contribution in [1.82, 2.24) is 15.1 Å². The van der Waals surface area contributed by atoms with Gasteiger partial charge in [-0.3, -0.25) is 9.69 Å². The van der Waals surface area contributed by atoms with Gasteiger partial charge in [-0.05, 0) is 30.8 Å². The summed E-state index contributed by atoms with van der Waals surface area (Å²) in [7, 11) is 2.15. The molecular formula is C20H25N3O2. The Morgan fingerprint density at radius 3 is 2.60 bits per heavy atom. The van der Waals surface area contributed by atoms with E-state index in [-0.39, 0.29) is 11.9 Å². The molecule has 5 heteroatoms. The van der Waals surface area contributed by atoms with Gasteiger partial charge in [0.1, 0.15) is 5.76 Å². The summed E-state index contributed by atoms with van der Waals surface area (Å²) < 4.78 is 5.23. The Kier molecular flexibility index (Phi) is 6.04. The zero-order valence-electron chi connectivity index (χ0n) is 14.6. The standard InChI is InChI=1S/C20H25N3O2/c1-22-11-13-23(14-12-22)16-19(17-6-3-2-4-7-17)21-20(24)10-9-18-8-5-15-25-18/h2-10,15,19H,11-14,16H2,1H3,(H,21,24)/b10-9+/t19-/m0/s1. The fourth-order valence-corrected chi connectivity index (χ4v) is 2.97. The van der Waals surface area contributed by atoms with Crippen molar-refractivity contribution in [2.75, 3.05) is 39.8 Å². The first kappa shape index (κ1) is 17.5. The summed E-state index contributed by atoms with van der Waals surface area (Å²) in [4.78, 5) is 17.1. The molecule has 0 spiro atoms. The Labute approximate surface area is 148 Å². The Morgan fingerprint density at radius 1 is 1.16 bits per heavy atom. The van der Waals surface area contributed by atoms with Crippen LogP contribution in [0.15, 0.2) is 59.2 Å². The fraction of sp³-hybridized carbons (Fsp3) is 0.350. The van der Waals surface area contributed by atoms with Crippen molar-refractivity contribution in [3.05, 3.63) is 66.1 Å². The Hall–Kier alpha value is -2.37. The summed E-state index contributed by atoms with van der Waals surface area (Å²) in [6, 6.07) is 13.7. The lowest BCUT2D eigenvalue weighted by molar-refractivity contribution is -0.117. The average Bonchev–Trinajstić information content (AvgIpc) is 3.16. The number of likely N-dealkylation sites (N-methyl/N-ethyl adjacent to an activating group) is 1. The number of carbonyl (C=O) groups is 1. The number of carbonyl (C=O) groups excluding carboxylic acids is 1. The van der Waals surface area contributed by atoms with Crippen molar-refractivity contribution in [2.45, 2.75) is 6.04 Å². The van der Waals surface area contributed by atoms with Crippen LogP contribution in [-0.4, -0.2) is 55.5 Å². The van der Waals surface area contributed by atoms with Crippen LogP contribution in [0, 0.1) is 0 Å². The monoisotopic (exact) mass is 339 g/mol. The summed E-state index contributed by atoms with van der Waals surface area (Å²) in [5.41, 5.74) is 1.13. The van der Waals surface area contributed by atoms with Crippen LogP contribution in [0.5, 0.6) is 0 Å². The minimum Gasteiger partial charge on any atom is -0.465 e. The number of piperazine rings is 1. The topological polar surface area (TPSA) is 48.7 Å². The third-order valence-corrected chi connectivity index (χ3v) is 4.50. The number of rotatable bonds is 6. The SMILES string of the molecule is CN1CCN(C[C@H](NC(=O)/C=C/c2ccco2)c2ccccc2)CC1. The van der Waals surface area contributed by atoms with Crippen molar-refractivity contribution in [2.24, 2.45) is 0 Å². The zero-order valence-corrected chi connectivity index (χ0v) is 14.6. The highest BCUT2D eigenvalue weighted by atomic mass is 16.3. The van der Waals surface area contributed by atoms with Crippen LogP contribution in [0.1, 0.15) is 17.4 Å². The third-order valence-electron chi connectivity index (χ3n) is 4.50. The Bertz CT molecular complexity index is 674. The highest BCUT2D eigenvalue weighted by Gasteiger charge is 2.20. The molecule has 3 rings (SSSR count). The predicted molar refractivity (Wildman–Crippen MR) is 99.0 cm³/mol. The molecule has 2 heterocycles. The number of nitrogens with one attached hydrogen (secondary N) is 1. The van der Waals surface area contributed by atoms with Gasteiger partial charge in [0.05, 0.1) is 12.3 Å². The highest BCUT2D eigenvalue weighted by molar-refractivity contribution is 5.91. The summed E-state index contributed by atoms with van der Waals surface area (Å²) in [5, 5.41) is 3.13. The van der Waals surface area contributed by atoms with E-state index in [1.807, 2.05) is 24.3 Å². The van der Waals surface area contributed by atoms with Crippen molar-refractivity contribution in [1.29, 1.82) is 0 Å². The van der Waals surface area contributed by atoms with Crippen LogP contribution >= 0.6 is 0 Å². The molecule has 0 saturated carbocycles. The maximum atomic E-state index is 12.3. The van der Waals surface area contributed by atoms with E-state index in [0.29, 0.717) is 5.76 Å². The maximum Gasteiger partial charge on any atom is 0.244 e. The Balaban J connectivity index is 1.65. The number of furan rings is 1. The van der Waals surface area contributed by atoms with E-state index < -0.39 is 0 Å². The van der Waals surface area contributed by atoms with E-state index >= 15 is 0 Å². The largest absolute Gasteiger partial charge is 0.465 e. The fourth-order valence-electron chi connectivity index (χ4n) is 2.97. The van der Waals surface area contributed by atoms with Gasteiger partial charge in [0.15, 0.2) is 0 Å². The molecule has 1 aromatic heterocycles. The number of hydrogen-bond acceptors (Lipinski definition) is 4. The lowest BCUT2D eigenvalue weighted by atomic mass is 10.1. The lowest BCUT2D eigenvalue weighted by Crippen LogP contribution is -2.47. The van der Waals surface area contributed by atoms with Gasteiger partial charge in [0.25, 0.3) is 0 Å². The van der Waals surface area contributed by atoms with E-state index in [0.717, 1.165) is 38.3 Å². The van der Waals surface area contributed by atoms with Crippen LogP contribution in [0.4, 0.5) is 0 Å². The zero-order chi connectivity index (χ0) is 17.5. The molecule has 1 N–H and O–H groups in total. The van der Waals surface area contributed by atoms with Crippen molar-refractivity contribution in [3.8, 4) is 0 Å². The van der Waals surface area contributed by atoms with Gasteiger partial charge in [-0.1, -0.05) is 30.3 Å². The van der Waals surface area contributed by atoms with Crippen molar-refractivity contribution in [3.63, 3.8) is 0 Å². The molecule has 1 saturated heterocycles. The molecule has 1 aliphatic rings. The first-order valence-corrected chi connectivity index (χ1v) is 8.68. The molecule has 1 aliphatic heterocycles. The van der Waals surface area contributed by atoms with Crippen LogP contribution in [0.25, 0.3) is 6.08 Å². The van der Waals surface area contributed by atoms with Crippen LogP contribution in [0.3, 0.4) is 0 Å². The second-order valence-electron chi connectivity index (χ2n) is 6.42. The molecule has 25 heavy (non-hydrogen) atoms. The number of hydrogen-bond donors (Lipinski definition) is 1. The van der Waals surface area contributed by atoms with E-state index in [1.54, 1.807) is 18.4 Å². The first-order chi connectivity index (χ1) is 12.2. The molecule has 1 amide bonds. The van der Waals surface area contributed by atoms with Gasteiger partial charge in [-0.2, -0.15) is 0 Å². The molecule has 1 atom stereocenters. The van der Waals surface area contributed by atoms with E-state index in [9.17, 15) is 4.79 Å². The highest BCUT2D eigenvalue weighted by Crippen LogP contribution is 2.15. The minimum atomic E-state index is -0.112. The van der Waals surface area contributed by atoms with E-state index in [4.69, 9.17) is 4.42 Å². The maximum absolute atomic E-state index is 12.3. The van der Waals surface area contributed by atoms with Gasteiger partial charge >= 0.3 is 0 Å². The summed E-state index contributed by atoms with van der Waals surface area (Å²) >= 11 is 0. The summed E-state index contributed by atoms with van der Waals surface area (Å²) in [5.74, 6) is 0.560. The molecule has 0 radical (unpaired) electrons. The molecule has 1 aromatic carbocycles. The predicted octanol–water partition coefficient (Wildman–Crippen LogP) is 2.40. The van der Waals surface area contributed by atoms with Crippen LogP contribution < -0.4 is 5.32 Å². The molecule has 1 fully saturated rings. The van der Waals surface area contributed by atoms with Gasteiger partial charge in [0.2, 0.25) is 5.91 Å². The third kappa shape index (κ3) is 5.31. The summed E-state index contributed by atoms with van der Waals surface area (Å²) in [6.07, 6.45) is 4.81. The first-order valence-electron chi connectivity index (χ1n) is 8.68. The number of amides is 1. The summed E-state index contributed by atoms with van der Waals surface area (Å²) in [6.45, 7) is 5.00. The van der Waals surface area contributed by atoms with E-state index in [2.05, 4.69) is 34.3 Å². The number of benzene rings is 1. The average molecular weight is 339 g/mol. The minimum absolute atomic E-state index is 0.0293. The van der Waals surface area contributed by atoms with Crippen LogP contribution in [0.2, 0.25) is 0 Å². The molecule has 2 aromatic rings. The van der Waals surface area contributed by atoms with Gasteiger partial charge in [-0.25, -0.2) is 0 Å². The van der Waals surface area contributed by atoms with Gasteiger partial charge in [-0.15, -0.1) is 0 Å². The molecule has 0 aliphatic carbocycles. The molecular weight excluding hydrogens is 314 g/mol. The second kappa shape index (κ2) is 8.65. The molecule has 0 bridgehead atoms. The van der Waals surface area contributed by atoms with Gasteiger partial charge < -0.3 is 14.6 Å². The van der Waals surface area contributed by atoms with E-state index in [1.165, 1.54) is 6.08 Å². The van der Waals surface area contributed by atoms with Crippen molar-refractivity contribution < 1.29 is 9.21 Å². The van der Waals surface area contributed by atoms with Gasteiger partial charge in [0, 0.05) is 38.8 Å². The van der Waals surface area contributed by atoms with Crippen molar-refractivity contribution >= 4 is 12.0 Å². The van der Waals surface area contributed by atoms with Crippen LogP contribution in [-0.2, 0) is 4.79 Å².